The zero-order chi connectivity index (χ0) is 32.5. The highest BCUT2D eigenvalue weighted by Gasteiger charge is 2.39. The van der Waals surface area contributed by atoms with Gasteiger partial charge in [0, 0.05) is 58.2 Å². The molecule has 5 N–H and O–H groups in total. The summed E-state index contributed by atoms with van der Waals surface area (Å²) < 4.78 is 5.39. The van der Waals surface area contributed by atoms with Crippen LogP contribution < -0.4 is 26.4 Å². The maximum absolute atomic E-state index is 13.5. The monoisotopic (exact) mass is 628 g/mol. The van der Waals surface area contributed by atoms with Crippen LogP contribution in [-0.2, 0) is 6.54 Å². The van der Waals surface area contributed by atoms with Crippen LogP contribution in [0.4, 0.5) is 0 Å². The topological polar surface area (TPSA) is 146 Å². The number of nitrogens with zero attached hydrogens (tertiary/aromatic N) is 2. The lowest BCUT2D eigenvalue weighted by atomic mass is 9.86. The van der Waals surface area contributed by atoms with Crippen LogP contribution in [0.3, 0.4) is 0 Å². The minimum Gasteiger partial charge on any atom is -0.496 e. The number of hydrogen-bond donors (Lipinski definition) is 4. The quantitative estimate of drug-likeness (QED) is 0.116. The number of rotatable bonds is 19. The summed E-state index contributed by atoms with van der Waals surface area (Å²) in [6, 6.07) is 14.2. The van der Waals surface area contributed by atoms with Gasteiger partial charge in [0.1, 0.15) is 5.75 Å². The molecule has 0 bridgehead atoms. The number of carbonyl (C=O) groups is 4. The standard InChI is InChI=1S/C35H44N6O5/c1-46-29-10-3-2-9-24(29)23-39-20-8-22-41-34(44)27-13-11-25-30-26(12-14-28(31(27)30)35(41)45)33(43)40(32(25)42)21-7-19-38-17-5-4-16-37-18-6-15-36/h2-3,9-14,37-39H,4-8,15-23,36H2,1H3. The van der Waals surface area contributed by atoms with Crippen LogP contribution >= 0.6 is 0 Å². The van der Waals surface area contributed by atoms with Crippen LogP contribution in [0.5, 0.6) is 5.75 Å². The highest BCUT2D eigenvalue weighted by molar-refractivity contribution is 6.33. The summed E-state index contributed by atoms with van der Waals surface area (Å²) >= 11 is 0. The number of hydrogen-bond acceptors (Lipinski definition) is 9. The first-order valence-electron chi connectivity index (χ1n) is 16.2. The number of amides is 4. The van der Waals surface area contributed by atoms with Crippen LogP contribution in [-0.4, -0.2) is 92.9 Å². The van der Waals surface area contributed by atoms with Gasteiger partial charge in [0.15, 0.2) is 0 Å². The van der Waals surface area contributed by atoms with Gasteiger partial charge in [-0.1, -0.05) is 18.2 Å². The highest BCUT2D eigenvalue weighted by Crippen LogP contribution is 2.37. The van der Waals surface area contributed by atoms with Crippen molar-refractivity contribution in [3.05, 3.63) is 76.3 Å². The van der Waals surface area contributed by atoms with Gasteiger partial charge < -0.3 is 26.4 Å². The molecule has 46 heavy (non-hydrogen) atoms. The summed E-state index contributed by atoms with van der Waals surface area (Å²) in [5.41, 5.74) is 7.89. The Morgan fingerprint density at radius 2 is 1.02 bits per heavy atom. The van der Waals surface area contributed by atoms with E-state index in [-0.39, 0.29) is 13.1 Å². The van der Waals surface area contributed by atoms with Gasteiger partial charge in [0.25, 0.3) is 23.6 Å². The second-order valence-electron chi connectivity index (χ2n) is 11.6. The van der Waals surface area contributed by atoms with Gasteiger partial charge >= 0.3 is 0 Å². The molecule has 0 spiro atoms. The fourth-order valence-corrected chi connectivity index (χ4v) is 6.15. The lowest BCUT2D eigenvalue weighted by molar-refractivity contribution is 0.0587. The largest absolute Gasteiger partial charge is 0.496 e. The second kappa shape index (κ2) is 15.9. The van der Waals surface area contributed by atoms with Gasteiger partial charge in [0.05, 0.1) is 7.11 Å². The summed E-state index contributed by atoms with van der Waals surface area (Å²) in [5.74, 6) is -0.813. The average molecular weight is 629 g/mol. The molecule has 2 heterocycles. The van der Waals surface area contributed by atoms with Crippen LogP contribution in [0, 0.1) is 0 Å². The molecular weight excluding hydrogens is 584 g/mol. The first-order chi connectivity index (χ1) is 22.5. The van der Waals surface area contributed by atoms with E-state index in [1.54, 1.807) is 31.4 Å². The molecule has 244 valence electrons. The Hall–Kier alpha value is -4.16. The molecule has 0 unspecified atom stereocenters. The summed E-state index contributed by atoms with van der Waals surface area (Å²) in [5, 5.41) is 10.9. The number of carbonyl (C=O) groups excluding carboxylic acids is 4. The molecule has 0 saturated heterocycles. The van der Waals surface area contributed by atoms with Crippen molar-refractivity contribution in [2.75, 3.05) is 59.5 Å². The summed E-state index contributed by atoms with van der Waals surface area (Å²) in [6.45, 7) is 5.88. The third-order valence-corrected chi connectivity index (χ3v) is 8.56. The van der Waals surface area contributed by atoms with Gasteiger partial charge in [-0.3, -0.25) is 29.0 Å². The zero-order valence-electron chi connectivity index (χ0n) is 26.5. The van der Waals surface area contributed by atoms with Gasteiger partial charge in [-0.15, -0.1) is 0 Å². The molecule has 5 rings (SSSR count). The van der Waals surface area contributed by atoms with E-state index >= 15 is 0 Å². The maximum Gasteiger partial charge on any atom is 0.261 e. The molecule has 0 radical (unpaired) electrons. The van der Waals surface area contributed by atoms with Gasteiger partial charge in [-0.05, 0) is 102 Å². The number of nitrogens with one attached hydrogen (secondary N) is 3. The Balaban J connectivity index is 1.17. The lowest BCUT2D eigenvalue weighted by Crippen LogP contribution is -2.44. The van der Waals surface area contributed by atoms with E-state index in [2.05, 4.69) is 16.0 Å². The summed E-state index contributed by atoms with van der Waals surface area (Å²) in [6.07, 6.45) is 4.27. The van der Waals surface area contributed by atoms with E-state index in [1.165, 1.54) is 9.80 Å². The zero-order valence-corrected chi connectivity index (χ0v) is 26.5. The second-order valence-corrected chi connectivity index (χ2v) is 11.6. The van der Waals surface area contributed by atoms with Gasteiger partial charge in [-0.25, -0.2) is 0 Å². The maximum atomic E-state index is 13.5. The minimum atomic E-state index is -0.411. The number of ether oxygens (including phenoxy) is 1. The molecule has 0 atom stereocenters. The van der Waals surface area contributed by atoms with Crippen LogP contribution in [0.15, 0.2) is 48.5 Å². The first-order valence-corrected chi connectivity index (χ1v) is 16.2. The van der Waals surface area contributed by atoms with E-state index in [1.807, 2.05) is 24.3 Å². The Bertz CT molecular complexity index is 1520. The number of benzene rings is 3. The van der Waals surface area contributed by atoms with E-state index in [0.717, 1.165) is 50.2 Å². The van der Waals surface area contributed by atoms with Crippen molar-refractivity contribution < 1.29 is 23.9 Å². The van der Waals surface area contributed by atoms with Gasteiger partial charge in [-0.2, -0.15) is 0 Å². The Labute approximate surface area is 269 Å². The minimum absolute atomic E-state index is 0.242. The van der Waals surface area contributed by atoms with Crippen LogP contribution in [0.1, 0.15) is 79.1 Å². The molecule has 4 amide bonds. The lowest BCUT2D eigenvalue weighted by Gasteiger charge is -2.32. The van der Waals surface area contributed by atoms with Crippen molar-refractivity contribution in [3.63, 3.8) is 0 Å². The van der Waals surface area contributed by atoms with Crippen molar-refractivity contribution in [2.24, 2.45) is 5.73 Å². The fraction of sp³-hybridized carbons (Fsp3) is 0.429. The fourth-order valence-electron chi connectivity index (χ4n) is 6.15. The molecule has 2 aliphatic heterocycles. The van der Waals surface area contributed by atoms with Crippen LogP contribution in [0.25, 0.3) is 10.8 Å². The van der Waals surface area contributed by atoms with Gasteiger partial charge in [0.2, 0.25) is 0 Å². The molecule has 0 saturated carbocycles. The molecule has 2 aliphatic rings. The molecule has 11 nitrogen and oxygen atoms in total. The molecule has 0 aliphatic carbocycles. The Morgan fingerprint density at radius 1 is 0.587 bits per heavy atom. The Kier molecular flexibility index (Phi) is 11.5. The third-order valence-electron chi connectivity index (χ3n) is 8.56. The molecular formula is C35H44N6O5. The molecule has 3 aromatic rings. The molecule has 0 aromatic heterocycles. The van der Waals surface area contributed by atoms with Crippen molar-refractivity contribution in [1.29, 1.82) is 0 Å². The van der Waals surface area contributed by atoms with Crippen molar-refractivity contribution in [3.8, 4) is 5.75 Å². The molecule has 0 fully saturated rings. The number of unbranched alkanes of at least 4 members (excludes halogenated alkanes) is 1. The van der Waals surface area contributed by atoms with Crippen molar-refractivity contribution in [2.45, 2.75) is 38.6 Å². The van der Waals surface area contributed by atoms with E-state index < -0.39 is 23.6 Å². The first kappa shape index (κ1) is 33.2. The molecule has 11 heteroatoms. The Morgan fingerprint density at radius 3 is 1.50 bits per heavy atom. The third kappa shape index (κ3) is 7.13. The number of nitrogens with two attached hydrogens (primary N) is 1. The smallest absolute Gasteiger partial charge is 0.261 e. The van der Waals surface area contributed by atoms with E-state index in [4.69, 9.17) is 10.5 Å². The number of imide groups is 2. The number of methoxy groups -OCH3 is 1. The average Bonchev–Trinajstić information content (AvgIpc) is 3.07. The number of para-hydroxylation sites is 1. The van der Waals surface area contributed by atoms with Crippen LogP contribution in [0.2, 0.25) is 0 Å². The normalized spacial score (nSPS) is 14.1. The summed E-state index contributed by atoms with van der Waals surface area (Å²) in [7, 11) is 1.63. The summed E-state index contributed by atoms with van der Waals surface area (Å²) in [4.78, 5) is 56.6. The highest BCUT2D eigenvalue weighted by atomic mass is 16.5. The SMILES string of the molecule is COc1ccccc1CNCCCN1C(=O)c2ccc3c4c(ccc(c24)C1=O)C(=O)N(CCCNCCCCNCCCN)C3=O. The van der Waals surface area contributed by atoms with Crippen molar-refractivity contribution >= 4 is 34.4 Å². The van der Waals surface area contributed by atoms with E-state index in [9.17, 15) is 19.2 Å². The van der Waals surface area contributed by atoms with Crippen molar-refractivity contribution in [1.82, 2.24) is 25.8 Å². The predicted octanol–water partition coefficient (Wildman–Crippen LogP) is 2.92. The molecule has 3 aromatic carbocycles. The van der Waals surface area contributed by atoms with E-state index in [0.29, 0.717) is 72.0 Å². The predicted molar refractivity (Wildman–Crippen MR) is 177 cm³/mol.